The number of aliphatic carboxylic acids is 1. The molecule has 0 aromatic rings. The summed E-state index contributed by atoms with van der Waals surface area (Å²) in [7, 11) is 0. The Labute approximate surface area is 161 Å². The Balaban J connectivity index is 5.18. The quantitative estimate of drug-likeness (QED) is 0.130. The van der Waals surface area contributed by atoms with Gasteiger partial charge in [-0.05, 0) is 25.8 Å². The number of carboxylic acids is 1. The maximum absolute atomic E-state index is 12.5. The lowest BCUT2D eigenvalue weighted by Crippen LogP contribution is -2.57. The topological polar surface area (TPSA) is 240 Å². The zero-order valence-electron chi connectivity index (χ0n) is 15.3. The van der Waals surface area contributed by atoms with Crippen LogP contribution in [0.25, 0.3) is 0 Å². The minimum absolute atomic E-state index is 0.155. The molecule has 0 saturated carbocycles. The summed E-state index contributed by atoms with van der Waals surface area (Å²) >= 11 is 0. The highest BCUT2D eigenvalue weighted by atomic mass is 16.4. The zero-order valence-corrected chi connectivity index (χ0v) is 15.3. The van der Waals surface area contributed by atoms with Gasteiger partial charge in [0.15, 0.2) is 0 Å². The molecule has 3 atom stereocenters. The highest BCUT2D eigenvalue weighted by Gasteiger charge is 2.29. The fourth-order valence-electron chi connectivity index (χ4n) is 2.09. The second kappa shape index (κ2) is 13.4. The molecule has 0 heterocycles. The number of nitrogens with two attached hydrogens (primary N) is 3. The summed E-state index contributed by atoms with van der Waals surface area (Å²) < 4.78 is 0. The number of aliphatic hydroxyl groups excluding tert-OH is 1. The van der Waals surface area contributed by atoms with Crippen molar-refractivity contribution in [1.29, 1.82) is 0 Å². The van der Waals surface area contributed by atoms with Crippen LogP contribution < -0.4 is 33.2 Å². The van der Waals surface area contributed by atoms with Gasteiger partial charge in [0.05, 0.1) is 13.0 Å². The van der Waals surface area contributed by atoms with E-state index in [-0.39, 0.29) is 6.42 Å². The Morgan fingerprint density at radius 2 is 1.54 bits per heavy atom. The molecule has 0 aliphatic carbocycles. The van der Waals surface area contributed by atoms with Gasteiger partial charge in [-0.1, -0.05) is 0 Å². The molecule has 0 aromatic carbocycles. The number of carbonyl (C=O) groups excluding carboxylic acids is 4. The molecule has 11 N–H and O–H groups in total. The molecule has 13 heteroatoms. The molecule has 4 amide bonds. The summed E-state index contributed by atoms with van der Waals surface area (Å²) in [5, 5.41) is 24.2. The number of rotatable bonds is 14. The van der Waals surface area contributed by atoms with Crippen molar-refractivity contribution >= 4 is 29.6 Å². The fourth-order valence-corrected chi connectivity index (χ4v) is 2.09. The molecular weight excluding hydrogens is 376 g/mol. The lowest BCUT2D eigenvalue weighted by molar-refractivity contribution is -0.139. The highest BCUT2D eigenvalue weighted by Crippen LogP contribution is 2.03. The summed E-state index contributed by atoms with van der Waals surface area (Å²) in [5.74, 6) is -4.69. The van der Waals surface area contributed by atoms with Gasteiger partial charge >= 0.3 is 5.97 Å². The van der Waals surface area contributed by atoms with Gasteiger partial charge in [0.2, 0.25) is 23.6 Å². The third kappa shape index (κ3) is 10.4. The van der Waals surface area contributed by atoms with Gasteiger partial charge in [-0.25, -0.2) is 0 Å². The van der Waals surface area contributed by atoms with Crippen LogP contribution in [0.5, 0.6) is 0 Å². The third-order valence-corrected chi connectivity index (χ3v) is 3.57. The first-order valence-corrected chi connectivity index (χ1v) is 8.57. The van der Waals surface area contributed by atoms with Crippen LogP contribution in [-0.4, -0.2) is 77.6 Å². The van der Waals surface area contributed by atoms with E-state index in [1.165, 1.54) is 0 Å². The number of hydrogen-bond acceptors (Lipinski definition) is 8. The van der Waals surface area contributed by atoms with Gasteiger partial charge in [0.25, 0.3) is 0 Å². The second-order valence-corrected chi connectivity index (χ2v) is 5.98. The van der Waals surface area contributed by atoms with E-state index in [9.17, 15) is 24.0 Å². The monoisotopic (exact) mass is 404 g/mol. The van der Waals surface area contributed by atoms with Crippen LogP contribution in [0.2, 0.25) is 0 Å². The standard InChI is InChI=1S/C15H28N6O7/c16-4-2-1-3-9(14(27)19-6-12(24)25)20-15(28)10(5-11(18)23)21-13(26)8(17)7-22/h8-10,22H,1-7,16-17H2,(H2,18,23)(H,19,27)(H,20,28)(H,21,26)(H,24,25). The normalized spacial score (nSPS) is 13.7. The molecule has 0 aromatic heterocycles. The Morgan fingerprint density at radius 3 is 2.04 bits per heavy atom. The number of nitrogens with one attached hydrogen (secondary N) is 3. The van der Waals surface area contributed by atoms with E-state index in [4.69, 9.17) is 27.4 Å². The van der Waals surface area contributed by atoms with Gasteiger partial charge in [0.1, 0.15) is 24.7 Å². The molecule has 0 spiro atoms. The van der Waals surface area contributed by atoms with E-state index in [2.05, 4.69) is 16.0 Å². The molecule has 0 saturated heterocycles. The SMILES string of the molecule is NCCCCC(NC(=O)C(CC(N)=O)NC(=O)C(N)CO)C(=O)NCC(=O)O. The molecule has 0 fully saturated rings. The van der Waals surface area contributed by atoms with E-state index < -0.39 is 67.3 Å². The number of unbranched alkanes of at least 4 members (excludes halogenated alkanes) is 1. The lowest BCUT2D eigenvalue weighted by Gasteiger charge is -2.23. The fraction of sp³-hybridized carbons (Fsp3) is 0.667. The minimum Gasteiger partial charge on any atom is -0.480 e. The van der Waals surface area contributed by atoms with E-state index in [0.717, 1.165) is 0 Å². The maximum atomic E-state index is 12.5. The first kappa shape index (κ1) is 25.2. The number of carbonyl (C=O) groups is 5. The van der Waals surface area contributed by atoms with E-state index in [1.807, 2.05) is 0 Å². The van der Waals surface area contributed by atoms with Crippen molar-refractivity contribution in [2.75, 3.05) is 19.7 Å². The van der Waals surface area contributed by atoms with Crippen LogP contribution in [-0.2, 0) is 24.0 Å². The average Bonchev–Trinajstić information content (AvgIpc) is 2.63. The van der Waals surface area contributed by atoms with Gasteiger partial charge in [0, 0.05) is 0 Å². The Kier molecular flexibility index (Phi) is 12.1. The third-order valence-electron chi connectivity index (χ3n) is 3.57. The van der Waals surface area contributed by atoms with Crippen molar-refractivity contribution in [1.82, 2.24) is 16.0 Å². The first-order chi connectivity index (χ1) is 13.1. The predicted octanol–water partition coefficient (Wildman–Crippen LogP) is -4.52. The van der Waals surface area contributed by atoms with E-state index in [0.29, 0.717) is 19.4 Å². The van der Waals surface area contributed by atoms with Crippen molar-refractivity contribution in [3.05, 3.63) is 0 Å². The van der Waals surface area contributed by atoms with Crippen LogP contribution in [0, 0.1) is 0 Å². The van der Waals surface area contributed by atoms with Crippen LogP contribution in [0.15, 0.2) is 0 Å². The largest absolute Gasteiger partial charge is 0.480 e. The molecular formula is C15H28N6O7. The van der Waals surface area contributed by atoms with Crippen molar-refractivity contribution < 1.29 is 34.2 Å². The lowest BCUT2D eigenvalue weighted by atomic mass is 10.1. The van der Waals surface area contributed by atoms with Gasteiger partial charge in [-0.3, -0.25) is 24.0 Å². The van der Waals surface area contributed by atoms with Crippen LogP contribution in [0.1, 0.15) is 25.7 Å². The predicted molar refractivity (Wildman–Crippen MR) is 96.3 cm³/mol. The molecule has 0 bridgehead atoms. The molecule has 13 nitrogen and oxygen atoms in total. The summed E-state index contributed by atoms with van der Waals surface area (Å²) in [4.78, 5) is 58.2. The molecule has 0 aliphatic rings. The Bertz CT molecular complexity index is 571. The molecule has 0 radical (unpaired) electrons. The molecule has 28 heavy (non-hydrogen) atoms. The molecule has 3 unspecified atom stereocenters. The maximum Gasteiger partial charge on any atom is 0.322 e. The Morgan fingerprint density at radius 1 is 0.929 bits per heavy atom. The number of carboxylic acid groups (broad SMARTS) is 1. The summed E-state index contributed by atoms with van der Waals surface area (Å²) in [5.41, 5.74) is 15.8. The minimum atomic E-state index is -1.42. The number of amides is 4. The van der Waals surface area contributed by atoms with Crippen LogP contribution in [0.3, 0.4) is 0 Å². The van der Waals surface area contributed by atoms with E-state index >= 15 is 0 Å². The number of primary amides is 1. The average molecular weight is 404 g/mol. The zero-order chi connectivity index (χ0) is 21.7. The number of hydrogen-bond donors (Lipinski definition) is 8. The summed E-state index contributed by atoms with van der Waals surface area (Å²) in [6.45, 7) is -0.970. The molecule has 0 aliphatic heterocycles. The Hall–Kier alpha value is -2.77. The van der Waals surface area contributed by atoms with Crippen molar-refractivity contribution in [3.8, 4) is 0 Å². The van der Waals surface area contributed by atoms with Gasteiger partial charge in [-0.2, -0.15) is 0 Å². The van der Waals surface area contributed by atoms with Crippen molar-refractivity contribution in [2.45, 2.75) is 43.8 Å². The summed E-state index contributed by atoms with van der Waals surface area (Å²) in [6.07, 6.45) is 0.610. The van der Waals surface area contributed by atoms with Gasteiger partial charge < -0.3 is 43.4 Å². The van der Waals surface area contributed by atoms with Crippen molar-refractivity contribution in [3.63, 3.8) is 0 Å². The highest BCUT2D eigenvalue weighted by molar-refractivity contribution is 5.95. The first-order valence-electron chi connectivity index (χ1n) is 8.57. The van der Waals surface area contributed by atoms with Crippen LogP contribution in [0.4, 0.5) is 0 Å². The molecule has 160 valence electrons. The smallest absolute Gasteiger partial charge is 0.322 e. The number of aliphatic hydroxyl groups is 1. The van der Waals surface area contributed by atoms with Gasteiger partial charge in [-0.15, -0.1) is 0 Å². The molecule has 0 rings (SSSR count). The van der Waals surface area contributed by atoms with Crippen molar-refractivity contribution in [2.24, 2.45) is 17.2 Å². The summed E-state index contributed by atoms with van der Waals surface area (Å²) in [6, 6.07) is -3.86. The van der Waals surface area contributed by atoms with E-state index in [1.54, 1.807) is 0 Å². The second-order valence-electron chi connectivity index (χ2n) is 5.98. The van der Waals surface area contributed by atoms with Crippen LogP contribution >= 0.6 is 0 Å².